The number of hydrogen-bond donors (Lipinski definition) is 0. The Hall–Kier alpha value is -6.66. The van der Waals surface area contributed by atoms with Crippen molar-refractivity contribution in [1.82, 2.24) is 9.97 Å². The standard InChI is InChI=1S/C50H31N3S2/c1-2-8-43-32(7-1)13-16-39-30-37(22-28-44(39)43)35-14-15-38-31-42(27-21-36(38)29-35)53(40-23-17-33(18-24-40)49-51-45-9-3-5-11-47(45)54-49)41-25-19-34(20-26-41)50-52-46-10-4-6-12-48(46)55-50/h1-31H. The number of aromatic nitrogens is 2. The molecule has 0 atom stereocenters. The van der Waals surface area contributed by atoms with Gasteiger partial charge in [-0.1, -0.05) is 91.0 Å². The maximum Gasteiger partial charge on any atom is 0.124 e. The molecule has 55 heavy (non-hydrogen) atoms. The molecule has 0 spiro atoms. The van der Waals surface area contributed by atoms with Crippen molar-refractivity contribution >= 4 is 92.5 Å². The van der Waals surface area contributed by atoms with Gasteiger partial charge in [-0.25, -0.2) is 9.97 Å². The average molecular weight is 738 g/mol. The first kappa shape index (κ1) is 31.8. The molecule has 11 aromatic rings. The zero-order chi connectivity index (χ0) is 36.3. The third-order valence-electron chi connectivity index (χ3n) is 10.5. The number of hydrogen-bond acceptors (Lipinski definition) is 5. The number of benzene rings is 9. The van der Waals surface area contributed by atoms with E-state index in [0.29, 0.717) is 0 Å². The summed E-state index contributed by atoms with van der Waals surface area (Å²) in [6.45, 7) is 0. The first-order chi connectivity index (χ1) is 27.2. The zero-order valence-corrected chi connectivity index (χ0v) is 31.2. The highest BCUT2D eigenvalue weighted by Crippen LogP contribution is 2.40. The number of anilines is 3. The van der Waals surface area contributed by atoms with E-state index in [0.717, 1.165) is 49.2 Å². The van der Waals surface area contributed by atoms with Crippen molar-refractivity contribution < 1.29 is 0 Å². The predicted octanol–water partition coefficient (Wildman–Crippen LogP) is 14.8. The first-order valence-corrected chi connectivity index (χ1v) is 20.0. The van der Waals surface area contributed by atoms with E-state index in [1.54, 1.807) is 22.7 Å². The normalized spacial score (nSPS) is 11.6. The molecule has 3 nitrogen and oxygen atoms in total. The van der Waals surface area contributed by atoms with E-state index in [9.17, 15) is 0 Å². The summed E-state index contributed by atoms with van der Waals surface area (Å²) in [5.74, 6) is 0. The Morgan fingerprint density at radius 3 is 1.44 bits per heavy atom. The number of thiazole rings is 2. The van der Waals surface area contributed by atoms with Crippen LogP contribution in [0.15, 0.2) is 188 Å². The molecule has 0 aliphatic rings. The maximum absolute atomic E-state index is 4.92. The molecule has 0 radical (unpaired) electrons. The van der Waals surface area contributed by atoms with Gasteiger partial charge in [-0.15, -0.1) is 22.7 Å². The van der Waals surface area contributed by atoms with Crippen LogP contribution in [0.5, 0.6) is 0 Å². The van der Waals surface area contributed by atoms with Crippen LogP contribution < -0.4 is 4.90 Å². The SMILES string of the molecule is c1ccc2c(c1)ccc1cc(-c3ccc4cc(N(c5ccc(-c6nc7ccccc7s6)cc5)c5ccc(-c6nc7ccccc7s6)cc5)ccc4c3)ccc12. The fourth-order valence-corrected chi connectivity index (χ4v) is 9.63. The minimum absolute atomic E-state index is 1.03. The van der Waals surface area contributed by atoms with Crippen LogP contribution in [0.25, 0.3) is 85.0 Å². The molecule has 11 rings (SSSR count). The fourth-order valence-electron chi connectivity index (χ4n) is 7.69. The second-order valence-corrected chi connectivity index (χ2v) is 15.9. The minimum Gasteiger partial charge on any atom is -0.310 e. The van der Waals surface area contributed by atoms with E-state index >= 15 is 0 Å². The van der Waals surface area contributed by atoms with Crippen molar-refractivity contribution in [3.8, 4) is 32.3 Å². The second kappa shape index (κ2) is 13.0. The number of nitrogens with zero attached hydrogens (tertiary/aromatic N) is 3. The summed E-state index contributed by atoms with van der Waals surface area (Å²) in [5.41, 5.74) is 9.99. The molecule has 9 aromatic carbocycles. The highest BCUT2D eigenvalue weighted by molar-refractivity contribution is 7.22. The van der Waals surface area contributed by atoms with E-state index in [1.807, 2.05) is 12.1 Å². The molecular formula is C50H31N3S2. The molecule has 0 unspecified atom stereocenters. The minimum atomic E-state index is 1.03. The molecule has 0 aliphatic heterocycles. The Kier molecular flexibility index (Phi) is 7.54. The molecule has 5 heteroatoms. The average Bonchev–Trinajstić information content (AvgIpc) is 3.89. The van der Waals surface area contributed by atoms with Gasteiger partial charge in [0, 0.05) is 28.2 Å². The van der Waals surface area contributed by atoms with Gasteiger partial charge in [-0.05, 0) is 141 Å². The lowest BCUT2D eigenvalue weighted by molar-refractivity contribution is 1.29. The van der Waals surface area contributed by atoms with Gasteiger partial charge in [0.1, 0.15) is 10.0 Å². The van der Waals surface area contributed by atoms with Gasteiger partial charge in [0.25, 0.3) is 0 Å². The summed E-state index contributed by atoms with van der Waals surface area (Å²) >= 11 is 3.46. The van der Waals surface area contributed by atoms with Crippen LogP contribution in [0.4, 0.5) is 17.1 Å². The molecule has 0 amide bonds. The van der Waals surface area contributed by atoms with Crippen molar-refractivity contribution in [3.63, 3.8) is 0 Å². The number of rotatable bonds is 6. The highest BCUT2D eigenvalue weighted by Gasteiger charge is 2.16. The first-order valence-electron chi connectivity index (χ1n) is 18.4. The van der Waals surface area contributed by atoms with Crippen molar-refractivity contribution in [2.75, 3.05) is 4.90 Å². The zero-order valence-electron chi connectivity index (χ0n) is 29.6. The Morgan fingerprint density at radius 2 is 0.782 bits per heavy atom. The molecule has 0 aliphatic carbocycles. The third kappa shape index (κ3) is 5.73. The van der Waals surface area contributed by atoms with Gasteiger partial charge in [0.05, 0.1) is 20.4 Å². The maximum atomic E-state index is 4.92. The third-order valence-corrected chi connectivity index (χ3v) is 12.7. The Balaban J connectivity index is 0.969. The van der Waals surface area contributed by atoms with Crippen molar-refractivity contribution in [3.05, 3.63) is 188 Å². The lowest BCUT2D eigenvalue weighted by Gasteiger charge is -2.26. The fraction of sp³-hybridized carbons (Fsp3) is 0. The molecule has 0 bridgehead atoms. The Bertz CT molecular complexity index is 3030. The topological polar surface area (TPSA) is 29.0 Å². The van der Waals surface area contributed by atoms with E-state index in [2.05, 4.69) is 181 Å². The summed E-state index contributed by atoms with van der Waals surface area (Å²) in [6, 6.07) is 67.8. The number of para-hydroxylation sites is 2. The summed E-state index contributed by atoms with van der Waals surface area (Å²) in [6.07, 6.45) is 0. The molecule has 0 fully saturated rings. The molecule has 0 saturated heterocycles. The van der Waals surface area contributed by atoms with E-state index < -0.39 is 0 Å². The molecule has 258 valence electrons. The van der Waals surface area contributed by atoms with Crippen molar-refractivity contribution in [2.45, 2.75) is 0 Å². The largest absolute Gasteiger partial charge is 0.310 e. The van der Waals surface area contributed by atoms with Gasteiger partial charge >= 0.3 is 0 Å². The van der Waals surface area contributed by atoms with Crippen LogP contribution in [-0.4, -0.2) is 9.97 Å². The Morgan fingerprint density at radius 1 is 0.327 bits per heavy atom. The monoisotopic (exact) mass is 737 g/mol. The van der Waals surface area contributed by atoms with Gasteiger partial charge in [-0.2, -0.15) is 0 Å². The summed E-state index contributed by atoms with van der Waals surface area (Å²) < 4.78 is 2.40. The Labute approximate surface area is 326 Å². The molecule has 2 aromatic heterocycles. The molecule has 2 heterocycles. The highest BCUT2D eigenvalue weighted by atomic mass is 32.1. The lowest BCUT2D eigenvalue weighted by atomic mass is 9.96. The van der Waals surface area contributed by atoms with Gasteiger partial charge in [-0.3, -0.25) is 0 Å². The van der Waals surface area contributed by atoms with Gasteiger partial charge in [0.15, 0.2) is 0 Å². The molecule has 0 N–H and O–H groups in total. The van der Waals surface area contributed by atoms with Gasteiger partial charge in [0.2, 0.25) is 0 Å². The molecular weight excluding hydrogens is 707 g/mol. The van der Waals surface area contributed by atoms with E-state index in [4.69, 9.17) is 9.97 Å². The predicted molar refractivity (Wildman–Crippen MR) is 236 cm³/mol. The smallest absolute Gasteiger partial charge is 0.124 e. The molecule has 0 saturated carbocycles. The van der Waals surface area contributed by atoms with Crippen molar-refractivity contribution in [2.24, 2.45) is 0 Å². The lowest BCUT2D eigenvalue weighted by Crippen LogP contribution is -2.09. The number of fused-ring (bicyclic) bond motifs is 6. The van der Waals surface area contributed by atoms with Crippen LogP contribution in [0, 0.1) is 0 Å². The quantitative estimate of drug-likeness (QED) is 0.159. The van der Waals surface area contributed by atoms with Crippen molar-refractivity contribution in [1.29, 1.82) is 0 Å². The van der Waals surface area contributed by atoms with Crippen LogP contribution in [0.1, 0.15) is 0 Å². The van der Waals surface area contributed by atoms with Crippen LogP contribution in [-0.2, 0) is 0 Å². The second-order valence-electron chi connectivity index (χ2n) is 13.9. The van der Waals surface area contributed by atoms with Gasteiger partial charge < -0.3 is 4.90 Å². The van der Waals surface area contributed by atoms with Crippen LogP contribution in [0.2, 0.25) is 0 Å². The van der Waals surface area contributed by atoms with Crippen LogP contribution in [0.3, 0.4) is 0 Å². The van der Waals surface area contributed by atoms with Crippen LogP contribution >= 0.6 is 22.7 Å². The summed E-state index contributed by atoms with van der Waals surface area (Å²) in [5, 5.41) is 9.56. The summed E-state index contributed by atoms with van der Waals surface area (Å²) in [7, 11) is 0. The van der Waals surface area contributed by atoms with E-state index in [-0.39, 0.29) is 0 Å². The van der Waals surface area contributed by atoms with E-state index in [1.165, 1.54) is 52.8 Å². The summed E-state index contributed by atoms with van der Waals surface area (Å²) in [4.78, 5) is 12.2.